The van der Waals surface area contributed by atoms with E-state index in [9.17, 15) is 4.39 Å². The molecule has 0 atom stereocenters. The Bertz CT molecular complexity index is 760. The molecule has 0 radical (unpaired) electrons. The van der Waals surface area contributed by atoms with Crippen molar-refractivity contribution in [1.29, 1.82) is 0 Å². The molecule has 0 aliphatic rings. The highest BCUT2D eigenvalue weighted by atomic mass is 19.1. The van der Waals surface area contributed by atoms with Gasteiger partial charge in [0, 0.05) is 26.7 Å². The van der Waals surface area contributed by atoms with E-state index >= 15 is 0 Å². The van der Waals surface area contributed by atoms with Crippen molar-refractivity contribution in [1.82, 2.24) is 15.5 Å². The Kier molecular flexibility index (Phi) is 8.75. The molecule has 0 amide bonds. The van der Waals surface area contributed by atoms with Crippen LogP contribution in [-0.4, -0.2) is 45.2 Å². The monoisotopic (exact) mass is 386 g/mol. The second-order valence-corrected chi connectivity index (χ2v) is 7.01. The summed E-state index contributed by atoms with van der Waals surface area (Å²) in [6.07, 6.45) is 1.00. The largest absolute Gasteiger partial charge is 0.494 e. The molecule has 0 bridgehead atoms. The van der Waals surface area contributed by atoms with Crippen LogP contribution in [0.2, 0.25) is 0 Å². The highest BCUT2D eigenvalue weighted by molar-refractivity contribution is 5.79. The molecule has 0 saturated heterocycles. The molecule has 152 valence electrons. The third-order valence-electron chi connectivity index (χ3n) is 4.32. The Hall–Kier alpha value is -2.60. The summed E-state index contributed by atoms with van der Waals surface area (Å²) in [7, 11) is 5.84. The molecule has 0 fully saturated rings. The molecule has 0 aromatic heterocycles. The molecule has 0 heterocycles. The first-order valence-corrected chi connectivity index (χ1v) is 9.54. The van der Waals surface area contributed by atoms with E-state index in [0.717, 1.165) is 29.8 Å². The summed E-state index contributed by atoms with van der Waals surface area (Å²) < 4.78 is 19.4. The standard InChI is InChI=1S/C22H31FN4O/c1-17-6-7-19(14-21(17)23)16-26-22(24-2)25-15-18-8-10-20(11-9-18)28-13-5-12-27(3)4/h6-11,14H,5,12-13,15-16H2,1-4H3,(H2,24,25,26). The first kappa shape index (κ1) is 21.7. The van der Waals surface area contributed by atoms with Gasteiger partial charge in [0.25, 0.3) is 0 Å². The average Bonchev–Trinajstić information content (AvgIpc) is 2.69. The topological polar surface area (TPSA) is 48.9 Å². The van der Waals surface area contributed by atoms with E-state index < -0.39 is 0 Å². The zero-order valence-electron chi connectivity index (χ0n) is 17.3. The Labute approximate surface area is 167 Å². The van der Waals surface area contributed by atoms with Crippen molar-refractivity contribution < 1.29 is 9.13 Å². The van der Waals surface area contributed by atoms with Gasteiger partial charge in [0.1, 0.15) is 11.6 Å². The maximum atomic E-state index is 13.6. The number of nitrogens with one attached hydrogen (secondary N) is 2. The van der Waals surface area contributed by atoms with Crippen LogP contribution in [0.15, 0.2) is 47.5 Å². The van der Waals surface area contributed by atoms with Crippen molar-refractivity contribution in [2.75, 3.05) is 34.3 Å². The van der Waals surface area contributed by atoms with Crippen LogP contribution in [0.25, 0.3) is 0 Å². The van der Waals surface area contributed by atoms with Gasteiger partial charge in [-0.2, -0.15) is 0 Å². The van der Waals surface area contributed by atoms with E-state index in [-0.39, 0.29) is 5.82 Å². The zero-order valence-corrected chi connectivity index (χ0v) is 17.3. The number of aryl methyl sites for hydroxylation is 1. The third-order valence-corrected chi connectivity index (χ3v) is 4.32. The van der Waals surface area contributed by atoms with Crippen LogP contribution in [0.4, 0.5) is 4.39 Å². The zero-order chi connectivity index (χ0) is 20.4. The van der Waals surface area contributed by atoms with Crippen LogP contribution >= 0.6 is 0 Å². The number of aliphatic imine (C=N–C) groups is 1. The molecule has 5 nitrogen and oxygen atoms in total. The Morgan fingerprint density at radius 3 is 2.29 bits per heavy atom. The molecule has 2 rings (SSSR count). The highest BCUT2D eigenvalue weighted by Crippen LogP contribution is 2.12. The number of guanidine groups is 1. The molecule has 28 heavy (non-hydrogen) atoms. The van der Waals surface area contributed by atoms with Gasteiger partial charge in [-0.3, -0.25) is 4.99 Å². The molecule has 6 heteroatoms. The number of halogens is 1. The van der Waals surface area contributed by atoms with Gasteiger partial charge in [0.2, 0.25) is 0 Å². The van der Waals surface area contributed by atoms with Crippen molar-refractivity contribution in [2.45, 2.75) is 26.4 Å². The van der Waals surface area contributed by atoms with Gasteiger partial charge in [-0.15, -0.1) is 0 Å². The van der Waals surface area contributed by atoms with Crippen molar-refractivity contribution in [2.24, 2.45) is 4.99 Å². The maximum absolute atomic E-state index is 13.6. The fourth-order valence-electron chi connectivity index (χ4n) is 2.61. The van der Waals surface area contributed by atoms with Gasteiger partial charge in [-0.1, -0.05) is 24.3 Å². The van der Waals surface area contributed by atoms with Crippen molar-refractivity contribution >= 4 is 5.96 Å². The first-order chi connectivity index (χ1) is 13.5. The van der Waals surface area contributed by atoms with E-state index in [2.05, 4.69) is 34.6 Å². The number of hydrogen-bond donors (Lipinski definition) is 2. The van der Waals surface area contributed by atoms with E-state index in [0.29, 0.717) is 31.2 Å². The predicted molar refractivity (Wildman–Crippen MR) is 113 cm³/mol. The van der Waals surface area contributed by atoms with Gasteiger partial charge >= 0.3 is 0 Å². The number of ether oxygens (including phenoxy) is 1. The fraction of sp³-hybridized carbons (Fsp3) is 0.409. The summed E-state index contributed by atoms with van der Waals surface area (Å²) in [6.45, 7) is 4.64. The second-order valence-electron chi connectivity index (χ2n) is 7.01. The van der Waals surface area contributed by atoms with E-state index in [1.165, 1.54) is 0 Å². The molecule has 2 aromatic rings. The summed E-state index contributed by atoms with van der Waals surface area (Å²) >= 11 is 0. The van der Waals surface area contributed by atoms with Gasteiger partial charge in [0.05, 0.1) is 6.61 Å². The summed E-state index contributed by atoms with van der Waals surface area (Å²) in [4.78, 5) is 6.36. The molecule has 2 aromatic carbocycles. The fourth-order valence-corrected chi connectivity index (χ4v) is 2.61. The molecule has 0 aliphatic carbocycles. The molecule has 0 unspecified atom stereocenters. The van der Waals surface area contributed by atoms with Crippen molar-refractivity contribution in [3.05, 3.63) is 65.0 Å². The highest BCUT2D eigenvalue weighted by Gasteiger charge is 2.03. The molecule has 0 saturated carbocycles. The normalized spacial score (nSPS) is 11.6. The van der Waals surface area contributed by atoms with Crippen LogP contribution in [0.1, 0.15) is 23.1 Å². The van der Waals surface area contributed by atoms with Crippen LogP contribution in [0.5, 0.6) is 5.75 Å². The quantitative estimate of drug-likeness (QED) is 0.394. The van der Waals surface area contributed by atoms with Crippen LogP contribution in [0, 0.1) is 12.7 Å². The Morgan fingerprint density at radius 2 is 1.68 bits per heavy atom. The van der Waals surface area contributed by atoms with E-state index in [1.807, 2.05) is 30.3 Å². The molecule has 0 aliphatic heterocycles. The number of hydrogen-bond acceptors (Lipinski definition) is 3. The minimum Gasteiger partial charge on any atom is -0.494 e. The first-order valence-electron chi connectivity index (χ1n) is 9.54. The SMILES string of the molecule is CN=C(NCc1ccc(OCCCN(C)C)cc1)NCc1ccc(C)c(F)c1. The summed E-state index contributed by atoms with van der Waals surface area (Å²) in [5, 5.41) is 6.47. The number of benzene rings is 2. The summed E-state index contributed by atoms with van der Waals surface area (Å²) in [5.74, 6) is 1.36. The minimum absolute atomic E-state index is 0.189. The lowest BCUT2D eigenvalue weighted by Crippen LogP contribution is -2.36. The predicted octanol–water partition coefficient (Wildman–Crippen LogP) is 3.33. The third kappa shape index (κ3) is 7.56. The maximum Gasteiger partial charge on any atom is 0.191 e. The average molecular weight is 387 g/mol. The lowest BCUT2D eigenvalue weighted by atomic mass is 10.1. The van der Waals surface area contributed by atoms with Crippen LogP contribution < -0.4 is 15.4 Å². The molecule has 2 N–H and O–H groups in total. The Morgan fingerprint density at radius 1 is 1.04 bits per heavy atom. The van der Waals surface area contributed by atoms with Crippen LogP contribution in [0.3, 0.4) is 0 Å². The number of nitrogens with zero attached hydrogens (tertiary/aromatic N) is 2. The van der Waals surface area contributed by atoms with E-state index in [1.54, 1.807) is 26.1 Å². The number of rotatable bonds is 9. The second kappa shape index (κ2) is 11.3. The van der Waals surface area contributed by atoms with Gasteiger partial charge in [-0.05, 0) is 62.3 Å². The smallest absolute Gasteiger partial charge is 0.191 e. The van der Waals surface area contributed by atoms with Gasteiger partial charge in [-0.25, -0.2) is 4.39 Å². The summed E-state index contributed by atoms with van der Waals surface area (Å²) in [5.41, 5.74) is 2.66. The summed E-state index contributed by atoms with van der Waals surface area (Å²) in [6, 6.07) is 13.3. The minimum atomic E-state index is -0.189. The van der Waals surface area contributed by atoms with E-state index in [4.69, 9.17) is 4.74 Å². The molecule has 0 spiro atoms. The molecular weight excluding hydrogens is 355 g/mol. The van der Waals surface area contributed by atoms with Crippen molar-refractivity contribution in [3.63, 3.8) is 0 Å². The van der Waals surface area contributed by atoms with Gasteiger partial charge < -0.3 is 20.3 Å². The van der Waals surface area contributed by atoms with Crippen LogP contribution in [-0.2, 0) is 13.1 Å². The van der Waals surface area contributed by atoms with Gasteiger partial charge in [0.15, 0.2) is 5.96 Å². The lowest BCUT2D eigenvalue weighted by molar-refractivity contribution is 0.281. The van der Waals surface area contributed by atoms with Crippen molar-refractivity contribution in [3.8, 4) is 5.75 Å². The lowest BCUT2D eigenvalue weighted by Gasteiger charge is -2.13. The Balaban J connectivity index is 1.75. The molecular formula is C22H31FN4O.